The lowest BCUT2D eigenvalue weighted by Gasteiger charge is -2.19. The summed E-state index contributed by atoms with van der Waals surface area (Å²) in [7, 11) is 0. The Balaban J connectivity index is 2.66. The maximum atomic E-state index is 10.8. The standard InChI is InChI=1S/C20H24O/c1-5-16-12-20(17-10-8-15(13-21)9-11-17)19(7-3)14(4)18(16)6-2/h8-13H,5-7H2,1-4H3. The van der Waals surface area contributed by atoms with Crippen LogP contribution in [0.1, 0.15) is 53.4 Å². The fraction of sp³-hybridized carbons (Fsp3) is 0.350. The highest BCUT2D eigenvalue weighted by Crippen LogP contribution is 2.32. The Bertz CT molecular complexity index is 636. The molecule has 0 unspecified atom stereocenters. The third-order valence-corrected chi connectivity index (χ3v) is 4.38. The highest BCUT2D eigenvalue weighted by atomic mass is 16.1. The second-order valence-corrected chi connectivity index (χ2v) is 5.47. The molecule has 2 rings (SSSR count). The van der Waals surface area contributed by atoms with E-state index in [0.29, 0.717) is 0 Å². The van der Waals surface area contributed by atoms with E-state index in [1.54, 1.807) is 0 Å². The van der Waals surface area contributed by atoms with E-state index in [0.717, 1.165) is 31.1 Å². The zero-order valence-corrected chi connectivity index (χ0v) is 13.5. The molecule has 2 aromatic carbocycles. The van der Waals surface area contributed by atoms with Gasteiger partial charge in [0.2, 0.25) is 0 Å². The Morgan fingerprint density at radius 1 is 0.905 bits per heavy atom. The van der Waals surface area contributed by atoms with E-state index in [9.17, 15) is 4.79 Å². The van der Waals surface area contributed by atoms with Crippen molar-refractivity contribution in [3.8, 4) is 11.1 Å². The third-order valence-electron chi connectivity index (χ3n) is 4.38. The van der Waals surface area contributed by atoms with Crippen molar-refractivity contribution in [3.63, 3.8) is 0 Å². The quantitative estimate of drug-likeness (QED) is 0.691. The van der Waals surface area contributed by atoms with E-state index < -0.39 is 0 Å². The van der Waals surface area contributed by atoms with Gasteiger partial charge in [-0.3, -0.25) is 4.79 Å². The molecule has 1 nitrogen and oxygen atoms in total. The molecule has 2 aromatic rings. The Labute approximate surface area is 128 Å². The second kappa shape index (κ2) is 6.71. The predicted molar refractivity (Wildman–Crippen MR) is 90.1 cm³/mol. The summed E-state index contributed by atoms with van der Waals surface area (Å²) in [6.45, 7) is 8.93. The number of rotatable bonds is 5. The van der Waals surface area contributed by atoms with E-state index in [2.05, 4.69) is 45.9 Å². The molecule has 1 heteroatoms. The number of carbonyl (C=O) groups excluding carboxylic acids is 1. The van der Waals surface area contributed by atoms with Gasteiger partial charge in [0.1, 0.15) is 6.29 Å². The van der Waals surface area contributed by atoms with E-state index in [1.165, 1.54) is 33.4 Å². The van der Waals surface area contributed by atoms with Gasteiger partial charge in [0.15, 0.2) is 0 Å². The summed E-state index contributed by atoms with van der Waals surface area (Å²) in [5, 5.41) is 0. The van der Waals surface area contributed by atoms with Crippen LogP contribution >= 0.6 is 0 Å². The summed E-state index contributed by atoms with van der Waals surface area (Å²) in [6, 6.07) is 10.3. The van der Waals surface area contributed by atoms with Crippen molar-refractivity contribution in [2.75, 3.05) is 0 Å². The van der Waals surface area contributed by atoms with Crippen molar-refractivity contribution in [3.05, 3.63) is 58.1 Å². The lowest BCUT2D eigenvalue weighted by Crippen LogP contribution is -2.02. The number of hydrogen-bond acceptors (Lipinski definition) is 1. The smallest absolute Gasteiger partial charge is 0.150 e. The monoisotopic (exact) mass is 280 g/mol. The molecule has 0 amide bonds. The SMILES string of the molecule is CCc1cc(-c2ccc(C=O)cc2)c(CC)c(C)c1CC. The lowest BCUT2D eigenvalue weighted by molar-refractivity contribution is 0.112. The number of aryl methyl sites for hydroxylation is 1. The Kier molecular flexibility index (Phi) is 4.95. The summed E-state index contributed by atoms with van der Waals surface area (Å²) in [6.07, 6.45) is 4.08. The molecule has 0 aliphatic carbocycles. The van der Waals surface area contributed by atoms with Crippen LogP contribution in [0.4, 0.5) is 0 Å². The van der Waals surface area contributed by atoms with Crippen LogP contribution in [-0.4, -0.2) is 6.29 Å². The van der Waals surface area contributed by atoms with Gasteiger partial charge in [0.05, 0.1) is 0 Å². The highest BCUT2D eigenvalue weighted by molar-refractivity contribution is 5.78. The molecule has 21 heavy (non-hydrogen) atoms. The first-order valence-electron chi connectivity index (χ1n) is 7.86. The zero-order chi connectivity index (χ0) is 15.4. The molecule has 0 aliphatic rings. The predicted octanol–water partition coefficient (Wildman–Crippen LogP) is 5.16. The maximum Gasteiger partial charge on any atom is 0.150 e. The molecular weight excluding hydrogens is 256 g/mol. The largest absolute Gasteiger partial charge is 0.298 e. The average molecular weight is 280 g/mol. The average Bonchev–Trinajstić information content (AvgIpc) is 2.53. The summed E-state index contributed by atoms with van der Waals surface area (Å²) < 4.78 is 0. The summed E-state index contributed by atoms with van der Waals surface area (Å²) >= 11 is 0. The topological polar surface area (TPSA) is 17.1 Å². The van der Waals surface area contributed by atoms with Crippen molar-refractivity contribution in [2.45, 2.75) is 47.0 Å². The molecule has 110 valence electrons. The van der Waals surface area contributed by atoms with Crippen LogP contribution in [0.2, 0.25) is 0 Å². The van der Waals surface area contributed by atoms with E-state index in [-0.39, 0.29) is 0 Å². The molecule has 0 spiro atoms. The van der Waals surface area contributed by atoms with Crippen LogP contribution in [-0.2, 0) is 19.3 Å². The number of aldehydes is 1. The normalized spacial score (nSPS) is 10.7. The lowest BCUT2D eigenvalue weighted by atomic mass is 9.86. The second-order valence-electron chi connectivity index (χ2n) is 5.47. The van der Waals surface area contributed by atoms with E-state index in [4.69, 9.17) is 0 Å². The van der Waals surface area contributed by atoms with Gasteiger partial charge in [0, 0.05) is 5.56 Å². The Hall–Kier alpha value is -1.89. The molecule has 0 saturated carbocycles. The van der Waals surface area contributed by atoms with Crippen LogP contribution in [0.25, 0.3) is 11.1 Å². The molecule has 0 bridgehead atoms. The van der Waals surface area contributed by atoms with Gasteiger partial charge in [-0.1, -0.05) is 51.1 Å². The van der Waals surface area contributed by atoms with Crippen LogP contribution in [0.3, 0.4) is 0 Å². The van der Waals surface area contributed by atoms with Crippen LogP contribution < -0.4 is 0 Å². The van der Waals surface area contributed by atoms with Crippen molar-refractivity contribution >= 4 is 6.29 Å². The van der Waals surface area contributed by atoms with E-state index >= 15 is 0 Å². The first kappa shape index (κ1) is 15.5. The van der Waals surface area contributed by atoms with Gasteiger partial charge in [-0.2, -0.15) is 0 Å². The number of hydrogen-bond donors (Lipinski definition) is 0. The van der Waals surface area contributed by atoms with Crippen LogP contribution in [0.5, 0.6) is 0 Å². The highest BCUT2D eigenvalue weighted by Gasteiger charge is 2.13. The minimum atomic E-state index is 0.731. The molecule has 0 aliphatic heterocycles. The maximum absolute atomic E-state index is 10.8. The molecule has 0 saturated heterocycles. The van der Waals surface area contributed by atoms with Crippen LogP contribution in [0.15, 0.2) is 30.3 Å². The van der Waals surface area contributed by atoms with Crippen molar-refractivity contribution in [1.82, 2.24) is 0 Å². The minimum absolute atomic E-state index is 0.731. The third kappa shape index (κ3) is 2.92. The summed E-state index contributed by atoms with van der Waals surface area (Å²) in [5.74, 6) is 0. The fourth-order valence-corrected chi connectivity index (χ4v) is 3.24. The first-order valence-corrected chi connectivity index (χ1v) is 7.86. The van der Waals surface area contributed by atoms with Crippen LogP contribution in [0, 0.1) is 6.92 Å². The number of carbonyl (C=O) groups is 1. The molecule has 0 aromatic heterocycles. The Morgan fingerprint density at radius 3 is 2.00 bits per heavy atom. The van der Waals surface area contributed by atoms with Gasteiger partial charge in [-0.05, 0) is 59.6 Å². The molecule has 0 radical (unpaired) electrons. The summed E-state index contributed by atoms with van der Waals surface area (Å²) in [4.78, 5) is 10.8. The van der Waals surface area contributed by atoms with Crippen molar-refractivity contribution < 1.29 is 4.79 Å². The molecular formula is C20H24O. The van der Waals surface area contributed by atoms with Crippen molar-refractivity contribution in [1.29, 1.82) is 0 Å². The van der Waals surface area contributed by atoms with Crippen molar-refractivity contribution in [2.24, 2.45) is 0 Å². The first-order chi connectivity index (χ1) is 10.2. The van der Waals surface area contributed by atoms with Gasteiger partial charge in [0.25, 0.3) is 0 Å². The van der Waals surface area contributed by atoms with E-state index in [1.807, 2.05) is 12.1 Å². The summed E-state index contributed by atoms with van der Waals surface area (Å²) in [5.41, 5.74) is 9.08. The zero-order valence-electron chi connectivity index (χ0n) is 13.5. The number of benzene rings is 2. The Morgan fingerprint density at radius 2 is 1.52 bits per heavy atom. The van der Waals surface area contributed by atoms with Gasteiger partial charge in [-0.25, -0.2) is 0 Å². The molecule has 0 heterocycles. The molecule has 0 atom stereocenters. The minimum Gasteiger partial charge on any atom is -0.298 e. The van der Waals surface area contributed by atoms with Gasteiger partial charge >= 0.3 is 0 Å². The van der Waals surface area contributed by atoms with Gasteiger partial charge < -0.3 is 0 Å². The fourth-order valence-electron chi connectivity index (χ4n) is 3.24. The molecule has 0 fully saturated rings. The molecule has 0 N–H and O–H groups in total. The van der Waals surface area contributed by atoms with Gasteiger partial charge in [-0.15, -0.1) is 0 Å².